The molecule has 3 rings (SSSR count). The van der Waals surface area contributed by atoms with E-state index in [0.717, 1.165) is 16.5 Å². The van der Waals surface area contributed by atoms with E-state index in [2.05, 4.69) is 0 Å². The molecular formula is C16H14ClNO2. The van der Waals surface area contributed by atoms with Crippen molar-refractivity contribution < 1.29 is 9.52 Å². The Labute approximate surface area is 121 Å². The summed E-state index contributed by atoms with van der Waals surface area (Å²) >= 11 is 5.86. The number of halogens is 1. The number of aryl methyl sites for hydroxylation is 1. The molecule has 1 atom stereocenters. The maximum Gasteiger partial charge on any atom is 0.139 e. The van der Waals surface area contributed by atoms with Gasteiger partial charge in [-0.2, -0.15) is 0 Å². The van der Waals surface area contributed by atoms with Gasteiger partial charge in [-0.3, -0.25) is 0 Å². The van der Waals surface area contributed by atoms with Crippen LogP contribution in [-0.4, -0.2) is 5.11 Å². The molecule has 0 saturated heterocycles. The minimum Gasteiger partial charge on any atom is -0.458 e. The minimum atomic E-state index is -0.903. The van der Waals surface area contributed by atoms with Crippen LogP contribution >= 0.6 is 11.6 Å². The van der Waals surface area contributed by atoms with Gasteiger partial charge in [0, 0.05) is 21.7 Å². The molecular weight excluding hydrogens is 274 g/mol. The Bertz CT molecular complexity index is 779. The fourth-order valence-corrected chi connectivity index (χ4v) is 2.45. The van der Waals surface area contributed by atoms with Gasteiger partial charge in [-0.1, -0.05) is 29.3 Å². The van der Waals surface area contributed by atoms with Crippen LogP contribution in [0.5, 0.6) is 0 Å². The second-order valence-corrected chi connectivity index (χ2v) is 5.30. The van der Waals surface area contributed by atoms with Gasteiger partial charge in [0.25, 0.3) is 0 Å². The summed E-state index contributed by atoms with van der Waals surface area (Å²) in [5.41, 5.74) is 8.82. The molecule has 4 heteroatoms. The third kappa shape index (κ3) is 2.26. The zero-order chi connectivity index (χ0) is 14.3. The van der Waals surface area contributed by atoms with Crippen LogP contribution in [0, 0.1) is 6.92 Å². The van der Waals surface area contributed by atoms with Gasteiger partial charge in [0.2, 0.25) is 0 Å². The zero-order valence-electron chi connectivity index (χ0n) is 10.9. The summed E-state index contributed by atoms with van der Waals surface area (Å²) in [6.45, 7) is 2.01. The molecule has 0 aliphatic carbocycles. The van der Waals surface area contributed by atoms with Gasteiger partial charge in [0.15, 0.2) is 0 Å². The van der Waals surface area contributed by atoms with Crippen molar-refractivity contribution in [2.24, 2.45) is 0 Å². The summed E-state index contributed by atoms with van der Waals surface area (Å²) in [6, 6.07) is 12.7. The Morgan fingerprint density at radius 2 is 1.95 bits per heavy atom. The highest BCUT2D eigenvalue weighted by atomic mass is 35.5. The van der Waals surface area contributed by atoms with Crippen LogP contribution in [-0.2, 0) is 0 Å². The first-order chi connectivity index (χ1) is 9.54. The Kier molecular flexibility index (Phi) is 3.16. The van der Waals surface area contributed by atoms with Crippen molar-refractivity contribution in [3.8, 4) is 0 Å². The molecule has 1 heterocycles. The van der Waals surface area contributed by atoms with Gasteiger partial charge in [0.1, 0.15) is 17.4 Å². The highest BCUT2D eigenvalue weighted by Gasteiger charge is 2.18. The summed E-state index contributed by atoms with van der Waals surface area (Å²) in [4.78, 5) is 0. The highest BCUT2D eigenvalue weighted by Crippen LogP contribution is 2.32. The van der Waals surface area contributed by atoms with Gasteiger partial charge in [-0.25, -0.2) is 0 Å². The molecule has 0 amide bonds. The summed E-state index contributed by atoms with van der Waals surface area (Å²) in [7, 11) is 0. The second kappa shape index (κ2) is 4.85. The first-order valence-corrected chi connectivity index (χ1v) is 6.65. The number of nitrogen functional groups attached to an aromatic ring is 1. The quantitative estimate of drug-likeness (QED) is 0.699. The number of aliphatic hydroxyl groups is 1. The first-order valence-electron chi connectivity index (χ1n) is 6.27. The normalized spacial score (nSPS) is 12.8. The number of hydrogen-bond donors (Lipinski definition) is 2. The van der Waals surface area contributed by atoms with Gasteiger partial charge >= 0.3 is 0 Å². The van der Waals surface area contributed by atoms with E-state index in [1.807, 2.05) is 31.2 Å². The van der Waals surface area contributed by atoms with Crippen LogP contribution in [0.15, 0.2) is 46.9 Å². The Morgan fingerprint density at radius 3 is 2.70 bits per heavy atom. The lowest BCUT2D eigenvalue weighted by atomic mass is 10.0. The van der Waals surface area contributed by atoms with E-state index in [1.54, 1.807) is 18.2 Å². The number of benzene rings is 2. The summed E-state index contributed by atoms with van der Waals surface area (Å²) in [5, 5.41) is 11.9. The Morgan fingerprint density at radius 1 is 1.15 bits per heavy atom. The van der Waals surface area contributed by atoms with E-state index >= 15 is 0 Å². The van der Waals surface area contributed by atoms with Crippen molar-refractivity contribution in [2.45, 2.75) is 13.0 Å². The SMILES string of the molecule is Cc1ccc2oc(C(O)c3ccc(Cl)cc3N)cc2c1. The number of fused-ring (bicyclic) bond motifs is 1. The summed E-state index contributed by atoms with van der Waals surface area (Å²) in [6.07, 6.45) is -0.903. The molecule has 3 N–H and O–H groups in total. The summed E-state index contributed by atoms with van der Waals surface area (Å²) in [5.74, 6) is 0.472. The highest BCUT2D eigenvalue weighted by molar-refractivity contribution is 6.30. The molecule has 1 unspecified atom stereocenters. The lowest BCUT2D eigenvalue weighted by molar-refractivity contribution is 0.193. The minimum absolute atomic E-state index is 0.446. The van der Waals surface area contributed by atoms with E-state index in [0.29, 0.717) is 22.0 Å². The number of hydrogen-bond acceptors (Lipinski definition) is 3. The fraction of sp³-hybridized carbons (Fsp3) is 0.125. The first kappa shape index (κ1) is 13.0. The molecule has 0 radical (unpaired) electrons. The van der Waals surface area contributed by atoms with Crippen molar-refractivity contribution in [1.82, 2.24) is 0 Å². The Hall–Kier alpha value is -1.97. The molecule has 0 saturated carbocycles. The van der Waals surface area contributed by atoms with Crippen LogP contribution in [0.4, 0.5) is 5.69 Å². The largest absolute Gasteiger partial charge is 0.458 e. The van der Waals surface area contributed by atoms with Crippen LogP contribution in [0.2, 0.25) is 5.02 Å². The lowest BCUT2D eigenvalue weighted by Gasteiger charge is -2.11. The monoisotopic (exact) mass is 287 g/mol. The molecule has 20 heavy (non-hydrogen) atoms. The van der Waals surface area contributed by atoms with Crippen LogP contribution < -0.4 is 5.73 Å². The molecule has 0 bridgehead atoms. The fourth-order valence-electron chi connectivity index (χ4n) is 2.27. The lowest BCUT2D eigenvalue weighted by Crippen LogP contribution is -2.02. The van der Waals surface area contributed by atoms with Crippen molar-refractivity contribution in [3.05, 3.63) is 64.4 Å². The van der Waals surface area contributed by atoms with Crippen LogP contribution in [0.3, 0.4) is 0 Å². The zero-order valence-corrected chi connectivity index (χ0v) is 11.7. The predicted molar refractivity (Wildman–Crippen MR) is 80.9 cm³/mol. The van der Waals surface area contributed by atoms with Crippen molar-refractivity contribution in [1.29, 1.82) is 0 Å². The summed E-state index contributed by atoms with van der Waals surface area (Å²) < 4.78 is 5.69. The Balaban J connectivity index is 2.05. The van der Waals surface area contributed by atoms with E-state index in [9.17, 15) is 5.11 Å². The standard InChI is InChI=1S/C16H14ClNO2/c1-9-2-5-14-10(6-9)7-15(20-14)16(19)12-4-3-11(17)8-13(12)18/h2-8,16,19H,18H2,1H3. The van der Waals surface area contributed by atoms with Crippen molar-refractivity contribution in [2.75, 3.05) is 5.73 Å². The smallest absolute Gasteiger partial charge is 0.139 e. The topological polar surface area (TPSA) is 59.4 Å². The van der Waals surface area contributed by atoms with Gasteiger partial charge < -0.3 is 15.3 Å². The molecule has 3 nitrogen and oxygen atoms in total. The number of aliphatic hydroxyl groups excluding tert-OH is 1. The number of nitrogens with two attached hydrogens (primary N) is 1. The average molecular weight is 288 g/mol. The van der Waals surface area contributed by atoms with E-state index < -0.39 is 6.10 Å². The van der Waals surface area contributed by atoms with Gasteiger partial charge in [0.05, 0.1) is 0 Å². The number of rotatable bonds is 2. The van der Waals surface area contributed by atoms with Gasteiger partial charge in [-0.05, 0) is 37.3 Å². The average Bonchev–Trinajstić information content (AvgIpc) is 2.81. The van der Waals surface area contributed by atoms with Crippen LogP contribution in [0.25, 0.3) is 11.0 Å². The van der Waals surface area contributed by atoms with E-state index in [-0.39, 0.29) is 0 Å². The maximum atomic E-state index is 10.4. The molecule has 2 aromatic carbocycles. The molecule has 0 aliphatic heterocycles. The van der Waals surface area contributed by atoms with Gasteiger partial charge in [-0.15, -0.1) is 0 Å². The van der Waals surface area contributed by atoms with E-state index in [1.165, 1.54) is 0 Å². The van der Waals surface area contributed by atoms with Crippen LogP contribution in [0.1, 0.15) is 23.0 Å². The molecule has 0 fully saturated rings. The number of anilines is 1. The number of furan rings is 1. The maximum absolute atomic E-state index is 10.4. The predicted octanol–water partition coefficient (Wildman–Crippen LogP) is 4.06. The molecule has 1 aromatic heterocycles. The molecule has 3 aromatic rings. The molecule has 0 spiro atoms. The molecule has 0 aliphatic rings. The second-order valence-electron chi connectivity index (χ2n) is 4.87. The van der Waals surface area contributed by atoms with E-state index in [4.69, 9.17) is 21.8 Å². The molecule has 102 valence electrons. The third-order valence-electron chi connectivity index (χ3n) is 3.30. The van der Waals surface area contributed by atoms with Crippen molar-refractivity contribution >= 4 is 28.3 Å². The van der Waals surface area contributed by atoms with Crippen molar-refractivity contribution in [3.63, 3.8) is 0 Å². The third-order valence-corrected chi connectivity index (χ3v) is 3.54.